The number of anilines is 2. The maximum absolute atomic E-state index is 12.8. The van der Waals surface area contributed by atoms with E-state index in [9.17, 15) is 9.59 Å². The van der Waals surface area contributed by atoms with E-state index < -0.39 is 0 Å². The molecule has 0 unspecified atom stereocenters. The van der Waals surface area contributed by atoms with Crippen LogP contribution in [-0.4, -0.2) is 23.8 Å². The van der Waals surface area contributed by atoms with Crippen molar-refractivity contribution < 1.29 is 14.0 Å². The van der Waals surface area contributed by atoms with Crippen LogP contribution in [0.3, 0.4) is 0 Å². The molecule has 0 saturated heterocycles. The molecule has 0 N–H and O–H groups in total. The first-order chi connectivity index (χ1) is 13.9. The molecular weight excluding hydrogens is 390 g/mol. The Kier molecular flexibility index (Phi) is 4.94. The third-order valence-corrected chi connectivity index (χ3v) is 5.07. The second kappa shape index (κ2) is 7.56. The number of rotatable bonds is 2. The van der Waals surface area contributed by atoms with Gasteiger partial charge in [-0.05, 0) is 47.0 Å². The lowest BCUT2D eigenvalue weighted by atomic mass is 9.98. The van der Waals surface area contributed by atoms with Crippen molar-refractivity contribution in [3.05, 3.63) is 76.1 Å². The zero-order valence-electron chi connectivity index (χ0n) is 15.9. The number of halogens is 1. The average molecular weight is 408 g/mol. The number of amides is 2. The van der Waals surface area contributed by atoms with Gasteiger partial charge in [-0.1, -0.05) is 29.8 Å². The molecule has 1 aliphatic heterocycles. The van der Waals surface area contributed by atoms with Crippen molar-refractivity contribution in [2.75, 3.05) is 16.8 Å². The summed E-state index contributed by atoms with van der Waals surface area (Å²) < 4.78 is 5.20. The highest BCUT2D eigenvalue weighted by Gasteiger charge is 2.22. The summed E-state index contributed by atoms with van der Waals surface area (Å²) in [7, 11) is 1.60. The fraction of sp³-hybridized carbons (Fsp3) is 0.136. The lowest BCUT2D eigenvalue weighted by molar-refractivity contribution is -0.116. The molecule has 2 amide bonds. The number of nitrogens with zero attached hydrogens (tertiary/aromatic N) is 3. The molecule has 0 saturated carbocycles. The number of benzene rings is 2. The van der Waals surface area contributed by atoms with Gasteiger partial charge in [-0.15, -0.1) is 0 Å². The molecule has 0 spiro atoms. The summed E-state index contributed by atoms with van der Waals surface area (Å²) in [6, 6.07) is 11.1. The molecule has 3 aromatic rings. The minimum Gasteiger partial charge on any atom is -0.432 e. The largest absolute Gasteiger partial charge is 0.432 e. The van der Waals surface area contributed by atoms with Crippen molar-refractivity contribution in [3.8, 4) is 0 Å². The van der Waals surface area contributed by atoms with E-state index in [0.29, 0.717) is 17.1 Å². The average Bonchev–Trinajstić information content (AvgIpc) is 3.23. The van der Waals surface area contributed by atoms with Gasteiger partial charge in [0.05, 0.1) is 18.4 Å². The highest BCUT2D eigenvalue weighted by Crippen LogP contribution is 2.31. The van der Waals surface area contributed by atoms with Crippen molar-refractivity contribution in [2.24, 2.45) is 0 Å². The Morgan fingerprint density at radius 2 is 1.93 bits per heavy atom. The van der Waals surface area contributed by atoms with Crippen LogP contribution in [0.1, 0.15) is 34.0 Å². The normalized spacial score (nSPS) is 12.6. The van der Waals surface area contributed by atoms with Gasteiger partial charge < -0.3 is 9.32 Å². The highest BCUT2D eigenvalue weighted by atomic mass is 35.5. The monoisotopic (exact) mass is 407 g/mol. The standard InChI is InChI=1S/C22H18ClN3O3/c1-14(27)26-13-18-11-17(21(28)25(2)22-24-9-10-29-22)6-4-15(18)3-5-16-12-19(23)7-8-20(16)26/h3-12H,13H2,1-2H3. The molecule has 2 aromatic carbocycles. The molecule has 4 rings (SSSR count). The van der Waals surface area contributed by atoms with E-state index in [1.165, 1.54) is 24.3 Å². The molecule has 2 heterocycles. The Labute approximate surface area is 173 Å². The minimum atomic E-state index is -0.247. The predicted molar refractivity (Wildman–Crippen MR) is 113 cm³/mol. The van der Waals surface area contributed by atoms with Crippen molar-refractivity contribution in [3.63, 3.8) is 0 Å². The molecular formula is C22H18ClN3O3. The fourth-order valence-electron chi connectivity index (χ4n) is 3.32. The maximum Gasteiger partial charge on any atom is 0.303 e. The summed E-state index contributed by atoms with van der Waals surface area (Å²) in [6.45, 7) is 1.86. The van der Waals surface area contributed by atoms with Gasteiger partial charge in [0.2, 0.25) is 5.91 Å². The van der Waals surface area contributed by atoms with Crippen LogP contribution in [0.15, 0.2) is 53.3 Å². The Morgan fingerprint density at radius 1 is 1.14 bits per heavy atom. The summed E-state index contributed by atoms with van der Waals surface area (Å²) in [6.07, 6.45) is 6.79. The number of carbonyl (C=O) groups is 2. The molecule has 7 heteroatoms. The molecule has 0 aliphatic carbocycles. The predicted octanol–water partition coefficient (Wildman–Crippen LogP) is 4.64. The van der Waals surface area contributed by atoms with E-state index in [1.807, 2.05) is 30.4 Å². The second-order valence-electron chi connectivity index (χ2n) is 6.73. The first kappa shape index (κ1) is 19.0. The third kappa shape index (κ3) is 3.67. The third-order valence-electron chi connectivity index (χ3n) is 4.83. The molecule has 1 aromatic heterocycles. The van der Waals surface area contributed by atoms with Crippen LogP contribution >= 0.6 is 11.6 Å². The van der Waals surface area contributed by atoms with Crippen LogP contribution in [0.5, 0.6) is 0 Å². The second-order valence-corrected chi connectivity index (χ2v) is 7.17. The zero-order chi connectivity index (χ0) is 20.5. The van der Waals surface area contributed by atoms with Crippen molar-refractivity contribution in [1.29, 1.82) is 0 Å². The van der Waals surface area contributed by atoms with Crippen molar-refractivity contribution in [1.82, 2.24) is 4.98 Å². The van der Waals surface area contributed by atoms with Gasteiger partial charge in [-0.25, -0.2) is 4.98 Å². The summed E-state index contributed by atoms with van der Waals surface area (Å²) in [5.41, 5.74) is 3.92. The molecule has 146 valence electrons. The Morgan fingerprint density at radius 3 is 2.66 bits per heavy atom. The number of hydrogen-bond acceptors (Lipinski definition) is 4. The molecule has 1 aliphatic rings. The van der Waals surface area contributed by atoms with Crippen LogP contribution in [0, 0.1) is 0 Å². The van der Waals surface area contributed by atoms with Gasteiger partial charge in [0.15, 0.2) is 0 Å². The molecule has 29 heavy (non-hydrogen) atoms. The Balaban J connectivity index is 1.75. The topological polar surface area (TPSA) is 66.7 Å². The van der Waals surface area contributed by atoms with E-state index in [0.717, 1.165) is 22.4 Å². The lowest BCUT2D eigenvalue weighted by Gasteiger charge is -2.26. The van der Waals surface area contributed by atoms with Crippen LogP contribution in [0.4, 0.5) is 11.7 Å². The molecule has 0 fully saturated rings. The molecule has 0 atom stereocenters. The SMILES string of the molecule is CC(=O)N1Cc2cc(C(=O)N(C)c3ncco3)ccc2C=Cc2cc(Cl)ccc21. The van der Waals surface area contributed by atoms with Crippen LogP contribution in [0.25, 0.3) is 12.2 Å². The van der Waals surface area contributed by atoms with Gasteiger partial charge in [0.1, 0.15) is 6.26 Å². The van der Waals surface area contributed by atoms with Gasteiger partial charge in [-0.3, -0.25) is 14.5 Å². The van der Waals surface area contributed by atoms with Crippen molar-refractivity contribution in [2.45, 2.75) is 13.5 Å². The Hall–Kier alpha value is -3.38. The van der Waals surface area contributed by atoms with E-state index in [1.54, 1.807) is 30.1 Å². The van der Waals surface area contributed by atoms with E-state index in [2.05, 4.69) is 4.98 Å². The Bertz CT molecular complexity index is 1120. The molecule has 6 nitrogen and oxygen atoms in total. The first-order valence-electron chi connectivity index (χ1n) is 9.00. The number of aromatic nitrogens is 1. The van der Waals surface area contributed by atoms with E-state index >= 15 is 0 Å². The van der Waals surface area contributed by atoms with Crippen LogP contribution < -0.4 is 9.80 Å². The molecule has 0 radical (unpaired) electrons. The summed E-state index contributed by atoms with van der Waals surface area (Å²) >= 11 is 6.13. The van der Waals surface area contributed by atoms with Gasteiger partial charge in [-0.2, -0.15) is 0 Å². The van der Waals surface area contributed by atoms with E-state index in [4.69, 9.17) is 16.0 Å². The zero-order valence-corrected chi connectivity index (χ0v) is 16.7. The lowest BCUT2D eigenvalue weighted by Crippen LogP contribution is -2.30. The van der Waals surface area contributed by atoms with E-state index in [-0.39, 0.29) is 17.8 Å². The highest BCUT2D eigenvalue weighted by molar-refractivity contribution is 6.30. The number of oxazole rings is 1. The van der Waals surface area contributed by atoms with Crippen molar-refractivity contribution >= 4 is 47.3 Å². The summed E-state index contributed by atoms with van der Waals surface area (Å²) in [5, 5.41) is 0.605. The first-order valence-corrected chi connectivity index (χ1v) is 9.38. The summed E-state index contributed by atoms with van der Waals surface area (Å²) in [5.74, 6) is -0.341. The van der Waals surface area contributed by atoms with Crippen LogP contribution in [0.2, 0.25) is 5.02 Å². The van der Waals surface area contributed by atoms with Gasteiger partial charge in [0.25, 0.3) is 5.91 Å². The van der Waals surface area contributed by atoms with Gasteiger partial charge >= 0.3 is 6.01 Å². The fourth-order valence-corrected chi connectivity index (χ4v) is 3.50. The summed E-state index contributed by atoms with van der Waals surface area (Å²) in [4.78, 5) is 32.3. The number of hydrogen-bond donors (Lipinski definition) is 0. The number of carbonyl (C=O) groups excluding carboxylic acids is 2. The maximum atomic E-state index is 12.8. The molecule has 0 bridgehead atoms. The minimum absolute atomic E-state index is 0.0940. The quantitative estimate of drug-likeness (QED) is 0.620. The van der Waals surface area contributed by atoms with Crippen LogP contribution in [-0.2, 0) is 11.3 Å². The number of fused-ring (bicyclic) bond motifs is 2. The smallest absolute Gasteiger partial charge is 0.303 e. The van der Waals surface area contributed by atoms with Gasteiger partial charge in [0, 0.05) is 24.6 Å².